The van der Waals surface area contributed by atoms with Crippen LogP contribution in [0.3, 0.4) is 0 Å². The van der Waals surface area contributed by atoms with E-state index >= 15 is 0 Å². The van der Waals surface area contributed by atoms with Crippen LogP contribution >= 0.6 is 0 Å². The summed E-state index contributed by atoms with van der Waals surface area (Å²) in [5.74, 6) is 0.526. The Bertz CT molecular complexity index is 781. The van der Waals surface area contributed by atoms with Gasteiger partial charge in [-0.05, 0) is 73.8 Å². The number of phenolic OH excluding ortho intramolecular Hbond substituents is 2. The SMILES string of the molecule is CC(=O)Oc1ccc(O)c(C[C@@]2(C)[C@H]3CCC=C(C)[C@@]3(C)CC[C@@H]2C)c1O. The summed E-state index contributed by atoms with van der Waals surface area (Å²) in [6, 6.07) is 2.95. The Hall–Kier alpha value is -1.97. The van der Waals surface area contributed by atoms with Crippen molar-refractivity contribution in [2.45, 2.75) is 66.7 Å². The highest BCUT2D eigenvalue weighted by Gasteiger charge is 2.53. The summed E-state index contributed by atoms with van der Waals surface area (Å²) in [6.07, 6.45) is 7.46. The molecular weight excluding hydrogens is 340 g/mol. The molecule has 0 saturated heterocycles. The van der Waals surface area contributed by atoms with E-state index in [4.69, 9.17) is 4.74 Å². The van der Waals surface area contributed by atoms with Crippen LogP contribution in [0.5, 0.6) is 17.2 Å². The number of hydrogen-bond donors (Lipinski definition) is 2. The van der Waals surface area contributed by atoms with Gasteiger partial charge in [0.05, 0.1) is 0 Å². The molecule has 3 rings (SSSR count). The van der Waals surface area contributed by atoms with Crippen LogP contribution < -0.4 is 4.74 Å². The fraction of sp³-hybridized carbons (Fsp3) is 0.609. The Morgan fingerprint density at radius 2 is 1.96 bits per heavy atom. The molecule has 1 aromatic carbocycles. The van der Waals surface area contributed by atoms with Gasteiger partial charge in [-0.2, -0.15) is 0 Å². The standard InChI is InChI=1S/C23H32O4/c1-14-7-6-8-20-22(14,4)12-11-15(2)23(20,5)13-17-18(25)9-10-19(21(17)26)27-16(3)24/h7,9-10,15,20,25-26H,6,8,11-13H2,1-5H3/t15-,20-,22+,23+/m0/s1. The van der Waals surface area contributed by atoms with Crippen LogP contribution in [0.15, 0.2) is 23.8 Å². The minimum Gasteiger partial charge on any atom is -0.508 e. The number of benzene rings is 1. The molecule has 1 saturated carbocycles. The van der Waals surface area contributed by atoms with Crippen LogP contribution in [0.25, 0.3) is 0 Å². The van der Waals surface area contributed by atoms with Crippen molar-refractivity contribution in [3.05, 3.63) is 29.3 Å². The highest BCUT2D eigenvalue weighted by atomic mass is 16.5. The smallest absolute Gasteiger partial charge is 0.308 e. The first kappa shape index (κ1) is 19.8. The Morgan fingerprint density at radius 1 is 1.26 bits per heavy atom. The van der Waals surface area contributed by atoms with Crippen molar-refractivity contribution in [2.24, 2.45) is 22.7 Å². The lowest BCUT2D eigenvalue weighted by Crippen LogP contribution is -2.50. The first-order valence-electron chi connectivity index (χ1n) is 9.99. The number of fused-ring (bicyclic) bond motifs is 1. The van der Waals surface area contributed by atoms with Gasteiger partial charge >= 0.3 is 5.97 Å². The quantitative estimate of drug-likeness (QED) is 0.425. The fourth-order valence-corrected chi connectivity index (χ4v) is 5.61. The molecule has 0 aliphatic heterocycles. The number of hydrogen-bond acceptors (Lipinski definition) is 4. The molecule has 2 aliphatic rings. The predicted molar refractivity (Wildman–Crippen MR) is 106 cm³/mol. The summed E-state index contributed by atoms with van der Waals surface area (Å²) in [5.41, 5.74) is 2.06. The van der Waals surface area contributed by atoms with Crippen molar-refractivity contribution in [3.63, 3.8) is 0 Å². The number of rotatable bonds is 3. The summed E-state index contributed by atoms with van der Waals surface area (Å²) in [4.78, 5) is 11.3. The maximum atomic E-state index is 11.3. The van der Waals surface area contributed by atoms with Crippen LogP contribution in [-0.2, 0) is 11.2 Å². The van der Waals surface area contributed by atoms with Gasteiger partial charge in [-0.25, -0.2) is 0 Å². The van der Waals surface area contributed by atoms with Crippen LogP contribution in [0.2, 0.25) is 0 Å². The molecule has 27 heavy (non-hydrogen) atoms. The lowest BCUT2D eigenvalue weighted by Gasteiger charge is -2.58. The largest absolute Gasteiger partial charge is 0.508 e. The van der Waals surface area contributed by atoms with Crippen molar-refractivity contribution in [3.8, 4) is 17.2 Å². The van der Waals surface area contributed by atoms with Crippen molar-refractivity contribution in [1.82, 2.24) is 0 Å². The van der Waals surface area contributed by atoms with Crippen LogP contribution in [-0.4, -0.2) is 16.2 Å². The summed E-state index contributed by atoms with van der Waals surface area (Å²) in [5, 5.41) is 21.2. The Labute approximate surface area is 162 Å². The third-order valence-corrected chi connectivity index (χ3v) is 7.63. The first-order valence-corrected chi connectivity index (χ1v) is 9.99. The first-order chi connectivity index (χ1) is 12.6. The van der Waals surface area contributed by atoms with Gasteiger partial charge in [-0.15, -0.1) is 0 Å². The number of carbonyl (C=O) groups excluding carboxylic acids is 1. The molecule has 0 spiro atoms. The van der Waals surface area contributed by atoms with E-state index in [9.17, 15) is 15.0 Å². The minimum atomic E-state index is -0.486. The molecule has 0 aromatic heterocycles. The van der Waals surface area contributed by atoms with Crippen molar-refractivity contribution < 1.29 is 19.7 Å². The average molecular weight is 373 g/mol. The monoisotopic (exact) mass is 372 g/mol. The van der Waals surface area contributed by atoms with E-state index in [1.807, 2.05) is 0 Å². The topological polar surface area (TPSA) is 66.8 Å². The number of esters is 1. The van der Waals surface area contributed by atoms with Crippen LogP contribution in [0, 0.1) is 22.7 Å². The van der Waals surface area contributed by atoms with Gasteiger partial charge in [-0.3, -0.25) is 4.79 Å². The van der Waals surface area contributed by atoms with Gasteiger partial charge < -0.3 is 14.9 Å². The van der Waals surface area contributed by atoms with E-state index < -0.39 is 5.97 Å². The highest BCUT2D eigenvalue weighted by molar-refractivity contribution is 5.71. The molecule has 1 fully saturated rings. The predicted octanol–water partition coefficient (Wildman–Crippen LogP) is 5.36. The molecule has 0 unspecified atom stereocenters. The fourth-order valence-electron chi connectivity index (χ4n) is 5.61. The van der Waals surface area contributed by atoms with Gasteiger partial charge in [0.25, 0.3) is 0 Å². The molecule has 0 amide bonds. The molecule has 0 heterocycles. The van der Waals surface area contributed by atoms with Gasteiger partial charge in [-0.1, -0.05) is 32.4 Å². The van der Waals surface area contributed by atoms with Crippen molar-refractivity contribution in [1.29, 1.82) is 0 Å². The second-order valence-corrected chi connectivity index (χ2v) is 9.06. The molecule has 4 atom stereocenters. The van der Waals surface area contributed by atoms with Gasteiger partial charge in [0.15, 0.2) is 11.5 Å². The zero-order chi connectivity index (χ0) is 20.0. The average Bonchev–Trinajstić information content (AvgIpc) is 2.60. The number of phenols is 2. The van der Waals surface area contributed by atoms with E-state index in [1.54, 1.807) is 0 Å². The highest BCUT2D eigenvalue weighted by Crippen LogP contribution is 2.62. The number of ether oxygens (including phenoxy) is 1. The van der Waals surface area contributed by atoms with E-state index in [1.165, 1.54) is 31.1 Å². The van der Waals surface area contributed by atoms with Gasteiger partial charge in [0.2, 0.25) is 0 Å². The zero-order valence-corrected chi connectivity index (χ0v) is 17.1. The summed E-state index contributed by atoms with van der Waals surface area (Å²) >= 11 is 0. The lowest BCUT2D eigenvalue weighted by atomic mass is 9.47. The van der Waals surface area contributed by atoms with E-state index in [0.29, 0.717) is 23.8 Å². The molecule has 148 valence electrons. The number of carbonyl (C=O) groups is 1. The zero-order valence-electron chi connectivity index (χ0n) is 17.1. The molecule has 4 heteroatoms. The van der Waals surface area contributed by atoms with Gasteiger partial charge in [0.1, 0.15) is 5.75 Å². The minimum absolute atomic E-state index is 0.0622. The van der Waals surface area contributed by atoms with Gasteiger partial charge in [0, 0.05) is 12.5 Å². The molecule has 2 N–H and O–H groups in total. The second-order valence-electron chi connectivity index (χ2n) is 9.06. The molecule has 4 nitrogen and oxygen atoms in total. The number of allylic oxidation sites excluding steroid dienone is 2. The second kappa shape index (κ2) is 6.88. The number of aromatic hydroxyl groups is 2. The van der Waals surface area contributed by atoms with E-state index in [2.05, 4.69) is 33.8 Å². The Morgan fingerprint density at radius 3 is 2.63 bits per heavy atom. The maximum Gasteiger partial charge on any atom is 0.308 e. The maximum absolute atomic E-state index is 11.3. The van der Waals surface area contributed by atoms with Crippen LogP contribution in [0.1, 0.15) is 65.9 Å². The molecule has 1 aromatic rings. The third kappa shape index (κ3) is 3.24. The van der Waals surface area contributed by atoms with Crippen molar-refractivity contribution >= 4 is 5.97 Å². The normalized spacial score (nSPS) is 33.1. The van der Waals surface area contributed by atoms with E-state index in [0.717, 1.165) is 19.3 Å². The molecule has 0 bridgehead atoms. The summed E-state index contributed by atoms with van der Waals surface area (Å²) in [6.45, 7) is 10.5. The lowest BCUT2D eigenvalue weighted by molar-refractivity contribution is -0.132. The van der Waals surface area contributed by atoms with Crippen LogP contribution in [0.4, 0.5) is 0 Å². The molecular formula is C23H32O4. The summed E-state index contributed by atoms with van der Waals surface area (Å²) in [7, 11) is 0. The third-order valence-electron chi connectivity index (χ3n) is 7.63. The molecule has 0 radical (unpaired) electrons. The van der Waals surface area contributed by atoms with E-state index in [-0.39, 0.29) is 28.1 Å². The Kier molecular flexibility index (Phi) is 5.04. The van der Waals surface area contributed by atoms with Crippen molar-refractivity contribution in [2.75, 3.05) is 0 Å². The Balaban J connectivity index is 2.03. The molecule has 2 aliphatic carbocycles. The summed E-state index contributed by atoms with van der Waals surface area (Å²) < 4.78 is 5.12.